The molecular weight excluding hydrogens is 903 g/mol. The fourth-order valence-electron chi connectivity index (χ4n) is 10.0. The summed E-state index contributed by atoms with van der Waals surface area (Å²) in [7, 11) is 15.1. The second-order valence-electron chi connectivity index (χ2n) is 19.6. The summed E-state index contributed by atoms with van der Waals surface area (Å²) in [6.45, 7) is 27.8. The summed E-state index contributed by atoms with van der Waals surface area (Å²) < 4.78 is 12.8. The van der Waals surface area contributed by atoms with E-state index in [9.17, 15) is 0 Å². The van der Waals surface area contributed by atoms with E-state index in [1.54, 1.807) is 0 Å². The second kappa shape index (κ2) is 15.7. The molecule has 0 fully saturated rings. The Morgan fingerprint density at radius 2 is 0.900 bits per heavy atom. The van der Waals surface area contributed by atoms with Gasteiger partial charge in [-0.05, 0) is 0 Å². The van der Waals surface area contributed by atoms with Crippen LogP contribution in [0.5, 0.6) is 0 Å². The van der Waals surface area contributed by atoms with E-state index in [1.165, 1.54) is 66.0 Å². The van der Waals surface area contributed by atoms with E-state index in [-0.39, 0.29) is 7.25 Å². The molecule has 2 aromatic heterocycles. The van der Waals surface area contributed by atoms with Gasteiger partial charge in [0.1, 0.15) is 0 Å². The average molecular weight is 963 g/mol. The molecule has 0 N–H and O–H groups in total. The summed E-state index contributed by atoms with van der Waals surface area (Å²) in [6, 6.07) is 36.7. The number of fused-ring (bicyclic) bond motifs is 2. The van der Waals surface area contributed by atoms with Crippen LogP contribution in [0, 0.1) is 13.8 Å². The minimum atomic E-state index is -5.41. The molecular formula is C52H60Cl2O2Si3Zr. The van der Waals surface area contributed by atoms with Gasteiger partial charge in [-0.25, -0.2) is 0 Å². The number of aryl methyl sites for hydroxylation is 4. The van der Waals surface area contributed by atoms with E-state index >= 15 is 0 Å². The van der Waals surface area contributed by atoms with Gasteiger partial charge in [-0.3, -0.25) is 0 Å². The third-order valence-corrected chi connectivity index (χ3v) is 63.9. The molecule has 2 unspecified atom stereocenters. The number of rotatable bonds is 10. The van der Waals surface area contributed by atoms with Gasteiger partial charge in [0, 0.05) is 0 Å². The Morgan fingerprint density at radius 1 is 0.533 bits per heavy atom. The molecule has 0 spiro atoms. The molecule has 2 nitrogen and oxygen atoms in total. The maximum atomic E-state index is 9.05. The Labute approximate surface area is 368 Å². The Bertz CT molecular complexity index is 2610. The molecule has 4 aromatic carbocycles. The van der Waals surface area contributed by atoms with E-state index in [1.807, 2.05) is 13.8 Å². The molecule has 8 heteroatoms. The van der Waals surface area contributed by atoms with Crippen molar-refractivity contribution in [1.29, 1.82) is 0 Å². The van der Waals surface area contributed by atoms with Crippen LogP contribution in [0.25, 0.3) is 45.6 Å². The predicted molar refractivity (Wildman–Crippen MR) is 266 cm³/mol. The molecule has 0 radical (unpaired) electrons. The molecule has 0 aliphatic heterocycles. The summed E-state index contributed by atoms with van der Waals surface area (Å²) in [5.74, 6) is 3.48. The van der Waals surface area contributed by atoms with Gasteiger partial charge in [-0.15, -0.1) is 0 Å². The normalized spacial score (nSPS) is 16.8. The first kappa shape index (κ1) is 43.7. The number of benzene rings is 4. The topological polar surface area (TPSA) is 26.3 Å². The van der Waals surface area contributed by atoms with Crippen molar-refractivity contribution in [2.75, 3.05) is 0 Å². The van der Waals surface area contributed by atoms with Gasteiger partial charge in [0.2, 0.25) is 0 Å². The first-order valence-electron chi connectivity index (χ1n) is 21.7. The van der Waals surface area contributed by atoms with E-state index in [0.29, 0.717) is 0 Å². The zero-order chi connectivity index (χ0) is 43.1. The second-order valence-corrected chi connectivity index (χ2v) is 68.5. The number of hydrogen-bond acceptors (Lipinski definition) is 2. The molecule has 6 aromatic rings. The zero-order valence-electron chi connectivity index (χ0n) is 37.5. The molecule has 60 heavy (non-hydrogen) atoms. The quantitative estimate of drug-likeness (QED) is 0.128. The molecule has 2 atom stereocenters. The van der Waals surface area contributed by atoms with Gasteiger partial charge in [0.15, 0.2) is 0 Å². The van der Waals surface area contributed by atoms with Crippen molar-refractivity contribution < 1.29 is 23.8 Å². The number of halogens is 2. The average Bonchev–Trinajstić information content (AvgIpc) is 4.01. The van der Waals surface area contributed by atoms with Crippen LogP contribution >= 0.6 is 17.0 Å². The molecule has 0 bridgehead atoms. The van der Waals surface area contributed by atoms with E-state index in [0.717, 1.165) is 47.0 Å². The van der Waals surface area contributed by atoms with Gasteiger partial charge < -0.3 is 0 Å². The zero-order valence-corrected chi connectivity index (χ0v) is 44.5. The van der Waals surface area contributed by atoms with Gasteiger partial charge in [0.25, 0.3) is 0 Å². The van der Waals surface area contributed by atoms with Crippen molar-refractivity contribution in [3.8, 4) is 22.3 Å². The maximum absolute atomic E-state index is 9.05. The van der Waals surface area contributed by atoms with Crippen LogP contribution in [0.4, 0.5) is 0 Å². The Kier molecular flexibility index (Phi) is 11.4. The molecule has 0 amide bonds. The first-order chi connectivity index (χ1) is 28.3. The summed E-state index contributed by atoms with van der Waals surface area (Å²) in [5, 5.41) is 2.92. The summed E-state index contributed by atoms with van der Waals surface area (Å²) in [6.07, 6.45) is 6.65. The van der Waals surface area contributed by atoms with Gasteiger partial charge in [-0.1, -0.05) is 0 Å². The number of hydrogen-bond donors (Lipinski definition) is 0. The van der Waals surface area contributed by atoms with Crippen molar-refractivity contribution in [2.45, 2.75) is 100 Å². The van der Waals surface area contributed by atoms with Crippen LogP contribution in [0.2, 0.25) is 52.4 Å². The molecule has 2 heterocycles. The monoisotopic (exact) mass is 960 g/mol. The minimum absolute atomic E-state index is 0.217. The van der Waals surface area contributed by atoms with Crippen molar-refractivity contribution in [1.82, 2.24) is 0 Å². The van der Waals surface area contributed by atoms with Crippen LogP contribution in [-0.2, 0) is 27.9 Å². The Morgan fingerprint density at radius 3 is 1.18 bits per heavy atom. The van der Waals surface area contributed by atoms with Crippen LogP contribution in [0.1, 0.15) is 77.5 Å². The van der Waals surface area contributed by atoms with Crippen LogP contribution < -0.4 is 10.4 Å². The third kappa shape index (κ3) is 7.23. The van der Waals surface area contributed by atoms with Gasteiger partial charge in [0.05, 0.1) is 0 Å². The summed E-state index contributed by atoms with van der Waals surface area (Å²) in [4.78, 5) is 0. The van der Waals surface area contributed by atoms with Gasteiger partial charge in [-0.2, -0.15) is 0 Å². The SMILES string of the molecule is CCc1ccc2c(c1-c1ccc([Si](C)(C)C)cc1)C=C(c1ccc(C)o1)[CH]2[Zr]([Cl])([Cl])([CH]1C(c2ccc(C)o2)=Cc2c1ccc(CC)c2-c1ccc([Si](C)(C)C)cc1)=[Si](C)C. The number of allylic oxidation sites excluding steroid dienone is 2. The standard InChI is InChI=1S/2C25H27OSi.C2H6Si.2ClH.Zr/c2*1-6-18-8-9-20-15-21(24-14-7-17(2)26-24)16-23(20)25(18)19-10-12-22(13-11-19)27(3,4)5;1-3-2;;;/h2*7-16H,6H2,1-5H3;1-2H3;2*1H;/q;;;;;+2/p-2. The Hall–Kier alpha value is -2.97. The molecule has 310 valence electrons. The third-order valence-electron chi connectivity index (χ3n) is 13.5. The van der Waals surface area contributed by atoms with E-state index < -0.39 is 36.6 Å². The van der Waals surface area contributed by atoms with Gasteiger partial charge >= 0.3 is 372 Å². The molecule has 0 saturated carbocycles. The van der Waals surface area contributed by atoms with Crippen molar-refractivity contribution >= 4 is 72.3 Å². The van der Waals surface area contributed by atoms with Crippen molar-refractivity contribution in [3.05, 3.63) is 153 Å². The van der Waals surface area contributed by atoms with Crippen LogP contribution in [-0.4, -0.2) is 21.6 Å². The molecule has 0 saturated heterocycles. The molecule has 2 aliphatic rings. The van der Waals surface area contributed by atoms with Crippen molar-refractivity contribution in [3.63, 3.8) is 0 Å². The van der Waals surface area contributed by atoms with Crippen LogP contribution in [0.15, 0.2) is 106 Å². The van der Waals surface area contributed by atoms with E-state index in [4.69, 9.17) is 25.9 Å². The van der Waals surface area contributed by atoms with Crippen molar-refractivity contribution in [2.24, 2.45) is 0 Å². The van der Waals surface area contributed by atoms with E-state index in [2.05, 4.69) is 175 Å². The molecule has 2 aliphatic carbocycles. The van der Waals surface area contributed by atoms with Crippen LogP contribution in [0.3, 0.4) is 0 Å². The molecule has 8 rings (SSSR count). The summed E-state index contributed by atoms with van der Waals surface area (Å²) >= 11 is -5.41. The fourth-order valence-corrected chi connectivity index (χ4v) is 40.0. The first-order valence-corrected chi connectivity index (χ1v) is 44.1. The summed E-state index contributed by atoms with van der Waals surface area (Å²) in [5.41, 5.74) is 13.4. The number of furan rings is 2. The Balaban J connectivity index is 1.43. The predicted octanol–water partition coefficient (Wildman–Crippen LogP) is 15.2. The fraction of sp³-hybridized carbons (Fsp3) is 0.308.